The maximum atomic E-state index is 12.1. The van der Waals surface area contributed by atoms with Crippen molar-refractivity contribution in [2.24, 2.45) is 7.05 Å². The molecule has 2 rings (SSSR count). The van der Waals surface area contributed by atoms with Crippen LogP contribution in [0.4, 0.5) is 18.9 Å². The molecule has 4 nitrogen and oxygen atoms in total. The first kappa shape index (κ1) is 15.0. The zero-order valence-electron chi connectivity index (χ0n) is 11.1. The molecule has 1 N–H and O–H groups in total. The molecule has 0 aliphatic carbocycles. The quantitative estimate of drug-likeness (QED) is 0.944. The lowest BCUT2D eigenvalue weighted by molar-refractivity contribution is -0.274. The van der Waals surface area contributed by atoms with Crippen LogP contribution in [-0.2, 0) is 13.6 Å². The van der Waals surface area contributed by atoms with E-state index in [0.717, 1.165) is 0 Å². The third-order valence-electron chi connectivity index (χ3n) is 2.71. The molecule has 1 aromatic heterocycles. The average Bonchev–Trinajstić information content (AvgIpc) is 2.39. The Morgan fingerprint density at radius 3 is 2.67 bits per heavy atom. The molecule has 1 aromatic carbocycles. The van der Waals surface area contributed by atoms with Gasteiger partial charge in [0.1, 0.15) is 5.75 Å². The van der Waals surface area contributed by atoms with Gasteiger partial charge in [-0.2, -0.15) is 0 Å². The Balaban J connectivity index is 2.04. The summed E-state index contributed by atoms with van der Waals surface area (Å²) in [5, 5.41) is 3.02. The summed E-state index contributed by atoms with van der Waals surface area (Å²) in [5.41, 5.74) is 1.19. The molecule has 0 fully saturated rings. The molecular weight excluding hydrogens is 285 g/mol. The number of rotatable bonds is 4. The minimum absolute atomic E-state index is 0.138. The highest BCUT2D eigenvalue weighted by Crippen LogP contribution is 2.23. The number of benzene rings is 1. The maximum Gasteiger partial charge on any atom is 0.573 e. The number of hydrogen-bond acceptors (Lipinski definition) is 3. The van der Waals surface area contributed by atoms with Gasteiger partial charge in [-0.25, -0.2) is 0 Å². The van der Waals surface area contributed by atoms with Crippen molar-refractivity contribution in [3.63, 3.8) is 0 Å². The van der Waals surface area contributed by atoms with Gasteiger partial charge in [-0.15, -0.1) is 13.2 Å². The van der Waals surface area contributed by atoms with Crippen LogP contribution in [-0.4, -0.2) is 10.9 Å². The first-order valence-electron chi connectivity index (χ1n) is 6.09. The average molecular weight is 298 g/mol. The molecule has 0 bridgehead atoms. The van der Waals surface area contributed by atoms with E-state index in [2.05, 4.69) is 10.1 Å². The Kier molecular flexibility index (Phi) is 4.21. The third kappa shape index (κ3) is 4.55. The van der Waals surface area contributed by atoms with E-state index in [1.165, 1.54) is 28.8 Å². The van der Waals surface area contributed by atoms with Gasteiger partial charge < -0.3 is 14.6 Å². The fraction of sp³-hybridized carbons (Fsp3) is 0.214. The lowest BCUT2D eigenvalue weighted by Gasteiger charge is -2.11. The molecule has 0 atom stereocenters. The van der Waals surface area contributed by atoms with Crippen molar-refractivity contribution < 1.29 is 17.9 Å². The van der Waals surface area contributed by atoms with Crippen LogP contribution >= 0.6 is 0 Å². The minimum atomic E-state index is -4.70. The van der Waals surface area contributed by atoms with Gasteiger partial charge in [-0.05, 0) is 23.8 Å². The minimum Gasteiger partial charge on any atom is -0.406 e. The molecule has 0 radical (unpaired) electrons. The first-order valence-corrected chi connectivity index (χ1v) is 6.09. The van der Waals surface area contributed by atoms with Crippen LogP contribution in [0.15, 0.2) is 47.4 Å². The Labute approximate surface area is 118 Å². The Morgan fingerprint density at radius 2 is 2.00 bits per heavy atom. The molecular formula is C14H13F3N2O2. The number of halogens is 3. The van der Waals surface area contributed by atoms with Crippen LogP contribution in [0.1, 0.15) is 5.56 Å². The number of aryl methyl sites for hydroxylation is 1. The van der Waals surface area contributed by atoms with Crippen LogP contribution in [0.3, 0.4) is 0 Å². The van der Waals surface area contributed by atoms with Gasteiger partial charge in [-0.1, -0.05) is 12.1 Å². The van der Waals surface area contributed by atoms with E-state index in [4.69, 9.17) is 0 Å². The van der Waals surface area contributed by atoms with Crippen molar-refractivity contribution in [3.8, 4) is 5.75 Å². The summed E-state index contributed by atoms with van der Waals surface area (Å²) in [5.74, 6) is -0.262. The monoisotopic (exact) mass is 298 g/mol. The van der Waals surface area contributed by atoms with E-state index in [-0.39, 0.29) is 11.3 Å². The van der Waals surface area contributed by atoms with Crippen molar-refractivity contribution in [1.29, 1.82) is 0 Å². The van der Waals surface area contributed by atoms with Crippen LogP contribution in [0.2, 0.25) is 0 Å². The van der Waals surface area contributed by atoms with Crippen LogP contribution in [0, 0.1) is 0 Å². The molecule has 0 amide bonds. The maximum absolute atomic E-state index is 12.1. The predicted molar refractivity (Wildman–Crippen MR) is 72.1 cm³/mol. The van der Waals surface area contributed by atoms with Crippen molar-refractivity contribution >= 4 is 5.69 Å². The van der Waals surface area contributed by atoms with Crippen molar-refractivity contribution in [2.75, 3.05) is 5.32 Å². The van der Waals surface area contributed by atoms with Crippen molar-refractivity contribution in [3.05, 3.63) is 58.5 Å². The Hall–Kier alpha value is -2.44. The molecule has 0 saturated carbocycles. The van der Waals surface area contributed by atoms with E-state index in [1.807, 2.05) is 0 Å². The van der Waals surface area contributed by atoms with Crippen LogP contribution in [0.25, 0.3) is 0 Å². The summed E-state index contributed by atoms with van der Waals surface area (Å²) in [7, 11) is 1.62. The molecule has 0 aliphatic rings. The van der Waals surface area contributed by atoms with Gasteiger partial charge in [0, 0.05) is 25.9 Å². The summed E-state index contributed by atoms with van der Waals surface area (Å²) in [6, 6.07) is 8.73. The Bertz CT molecular complexity index is 680. The standard InChI is InChI=1S/C14H13F3N2O2/c1-19-9-11(5-6-13(19)20)18-8-10-3-2-4-12(7-10)21-14(15,16)17/h2-7,9,18H,8H2,1H3. The Morgan fingerprint density at radius 1 is 1.24 bits per heavy atom. The number of ether oxygens (including phenoxy) is 1. The molecule has 1 heterocycles. The van der Waals surface area contributed by atoms with Gasteiger partial charge in [0.2, 0.25) is 5.56 Å². The number of hydrogen-bond donors (Lipinski definition) is 1. The third-order valence-corrected chi connectivity index (χ3v) is 2.71. The molecule has 0 spiro atoms. The zero-order valence-corrected chi connectivity index (χ0v) is 11.1. The summed E-state index contributed by atoms with van der Waals surface area (Å²) in [6.45, 7) is 0.313. The summed E-state index contributed by atoms with van der Waals surface area (Å²) < 4.78 is 41.7. The zero-order chi connectivity index (χ0) is 15.5. The number of nitrogens with zero attached hydrogens (tertiary/aromatic N) is 1. The van der Waals surface area contributed by atoms with Gasteiger partial charge in [0.15, 0.2) is 0 Å². The van der Waals surface area contributed by atoms with E-state index in [0.29, 0.717) is 17.8 Å². The number of nitrogens with one attached hydrogen (secondary N) is 1. The van der Waals surface area contributed by atoms with E-state index >= 15 is 0 Å². The smallest absolute Gasteiger partial charge is 0.406 e. The fourth-order valence-electron chi connectivity index (χ4n) is 1.76. The van der Waals surface area contributed by atoms with Crippen LogP contribution in [0.5, 0.6) is 5.75 Å². The van der Waals surface area contributed by atoms with Crippen molar-refractivity contribution in [1.82, 2.24) is 4.57 Å². The second-order valence-electron chi connectivity index (χ2n) is 4.42. The molecule has 21 heavy (non-hydrogen) atoms. The molecule has 0 saturated heterocycles. The number of pyridine rings is 1. The summed E-state index contributed by atoms with van der Waals surface area (Å²) >= 11 is 0. The van der Waals surface area contributed by atoms with Crippen LogP contribution < -0.4 is 15.6 Å². The topological polar surface area (TPSA) is 43.3 Å². The molecule has 0 unspecified atom stereocenters. The summed E-state index contributed by atoms with van der Waals surface area (Å²) in [4.78, 5) is 11.2. The van der Waals surface area contributed by atoms with E-state index < -0.39 is 6.36 Å². The van der Waals surface area contributed by atoms with Gasteiger partial charge in [0.05, 0.1) is 5.69 Å². The van der Waals surface area contributed by atoms with E-state index in [9.17, 15) is 18.0 Å². The van der Waals surface area contributed by atoms with Gasteiger partial charge in [0.25, 0.3) is 0 Å². The van der Waals surface area contributed by atoms with Crippen molar-refractivity contribution in [2.45, 2.75) is 12.9 Å². The highest BCUT2D eigenvalue weighted by molar-refractivity contribution is 5.41. The number of anilines is 1. The predicted octanol–water partition coefficient (Wildman–Crippen LogP) is 2.90. The summed E-state index contributed by atoms with van der Waals surface area (Å²) in [6.07, 6.45) is -3.10. The lowest BCUT2D eigenvalue weighted by atomic mass is 10.2. The van der Waals surface area contributed by atoms with E-state index in [1.54, 1.807) is 25.4 Å². The second-order valence-corrected chi connectivity index (χ2v) is 4.42. The highest BCUT2D eigenvalue weighted by atomic mass is 19.4. The molecule has 2 aromatic rings. The highest BCUT2D eigenvalue weighted by Gasteiger charge is 2.31. The number of aromatic nitrogens is 1. The largest absolute Gasteiger partial charge is 0.573 e. The van der Waals surface area contributed by atoms with Gasteiger partial charge in [-0.3, -0.25) is 4.79 Å². The first-order chi connectivity index (χ1) is 9.83. The molecule has 112 valence electrons. The molecule has 0 aliphatic heterocycles. The lowest BCUT2D eigenvalue weighted by Crippen LogP contribution is -2.17. The molecule has 7 heteroatoms. The normalized spacial score (nSPS) is 11.2. The SMILES string of the molecule is Cn1cc(NCc2cccc(OC(F)(F)F)c2)ccc1=O. The second kappa shape index (κ2) is 5.90. The number of alkyl halides is 3. The van der Waals surface area contributed by atoms with Gasteiger partial charge >= 0.3 is 6.36 Å². The fourth-order valence-corrected chi connectivity index (χ4v) is 1.76.